The van der Waals surface area contributed by atoms with Gasteiger partial charge in [0, 0.05) is 22.7 Å². The van der Waals surface area contributed by atoms with Crippen molar-refractivity contribution in [2.75, 3.05) is 7.11 Å². The van der Waals surface area contributed by atoms with Crippen molar-refractivity contribution in [2.45, 2.75) is 38.6 Å². The molecule has 0 aromatic heterocycles. The van der Waals surface area contributed by atoms with Crippen molar-refractivity contribution in [1.82, 2.24) is 5.32 Å². The van der Waals surface area contributed by atoms with Gasteiger partial charge in [0.25, 0.3) is 5.91 Å². The molecule has 0 aliphatic heterocycles. The SMILES string of the molecule is COc1ccc(C(N)=O)cc1-c1cccc(C(=O)N[C@@H](C)C2=CCCCC2)c1. The van der Waals surface area contributed by atoms with E-state index in [1.807, 2.05) is 19.1 Å². The first kappa shape index (κ1) is 19.7. The third kappa shape index (κ3) is 4.42. The highest BCUT2D eigenvalue weighted by molar-refractivity contribution is 5.97. The maximum atomic E-state index is 12.8. The lowest BCUT2D eigenvalue weighted by atomic mass is 9.94. The summed E-state index contributed by atoms with van der Waals surface area (Å²) in [6, 6.07) is 12.3. The number of ether oxygens (including phenoxy) is 1. The predicted molar refractivity (Wildman–Crippen MR) is 110 cm³/mol. The normalized spacial score (nSPS) is 14.7. The van der Waals surface area contributed by atoms with Crippen LogP contribution in [0.3, 0.4) is 0 Å². The maximum absolute atomic E-state index is 12.8. The van der Waals surface area contributed by atoms with E-state index in [1.54, 1.807) is 37.4 Å². The second-order valence-corrected chi connectivity index (χ2v) is 7.08. The molecule has 0 unspecified atom stereocenters. The number of primary amides is 1. The van der Waals surface area contributed by atoms with Crippen LogP contribution in [0.1, 0.15) is 53.3 Å². The molecule has 2 aromatic rings. The Kier molecular flexibility index (Phi) is 6.14. The molecule has 146 valence electrons. The summed E-state index contributed by atoms with van der Waals surface area (Å²) in [5.41, 5.74) is 9.17. The molecule has 0 radical (unpaired) electrons. The van der Waals surface area contributed by atoms with Gasteiger partial charge in [-0.3, -0.25) is 9.59 Å². The monoisotopic (exact) mass is 378 g/mol. The number of nitrogens with two attached hydrogens (primary N) is 1. The number of carbonyl (C=O) groups excluding carboxylic acids is 2. The van der Waals surface area contributed by atoms with Gasteiger partial charge in [-0.05, 0) is 68.5 Å². The van der Waals surface area contributed by atoms with Crippen molar-refractivity contribution < 1.29 is 14.3 Å². The molecule has 3 N–H and O–H groups in total. The van der Waals surface area contributed by atoms with Crippen LogP contribution in [-0.4, -0.2) is 25.0 Å². The molecule has 0 heterocycles. The molecule has 0 saturated heterocycles. The van der Waals surface area contributed by atoms with Gasteiger partial charge in [-0.15, -0.1) is 0 Å². The number of allylic oxidation sites excluding steroid dienone is 1. The van der Waals surface area contributed by atoms with E-state index in [9.17, 15) is 9.59 Å². The highest BCUT2D eigenvalue weighted by Crippen LogP contribution is 2.31. The highest BCUT2D eigenvalue weighted by atomic mass is 16.5. The molecular formula is C23H26N2O3. The molecule has 0 saturated carbocycles. The average Bonchev–Trinajstić information content (AvgIpc) is 2.73. The Morgan fingerprint density at radius 2 is 1.93 bits per heavy atom. The van der Waals surface area contributed by atoms with Crippen molar-refractivity contribution in [3.05, 3.63) is 65.2 Å². The molecule has 2 amide bonds. The van der Waals surface area contributed by atoms with Crippen molar-refractivity contribution in [3.8, 4) is 16.9 Å². The lowest BCUT2D eigenvalue weighted by molar-refractivity contribution is 0.0943. The fourth-order valence-electron chi connectivity index (χ4n) is 3.54. The first-order valence-electron chi connectivity index (χ1n) is 9.57. The van der Waals surface area contributed by atoms with Crippen LogP contribution in [0.25, 0.3) is 11.1 Å². The van der Waals surface area contributed by atoms with E-state index < -0.39 is 5.91 Å². The van der Waals surface area contributed by atoms with E-state index in [2.05, 4.69) is 11.4 Å². The van der Waals surface area contributed by atoms with Crippen LogP contribution in [0, 0.1) is 0 Å². The van der Waals surface area contributed by atoms with Crippen LogP contribution in [0.4, 0.5) is 0 Å². The van der Waals surface area contributed by atoms with Crippen LogP contribution in [0.15, 0.2) is 54.1 Å². The van der Waals surface area contributed by atoms with Gasteiger partial charge in [-0.2, -0.15) is 0 Å². The minimum atomic E-state index is -0.507. The molecule has 0 spiro atoms. The smallest absolute Gasteiger partial charge is 0.251 e. The zero-order valence-electron chi connectivity index (χ0n) is 16.3. The van der Waals surface area contributed by atoms with Gasteiger partial charge in [0.05, 0.1) is 7.11 Å². The Bertz CT molecular complexity index is 918. The van der Waals surface area contributed by atoms with E-state index >= 15 is 0 Å². The van der Waals surface area contributed by atoms with Gasteiger partial charge in [-0.25, -0.2) is 0 Å². The minimum Gasteiger partial charge on any atom is -0.496 e. The number of carbonyl (C=O) groups is 2. The van der Waals surface area contributed by atoms with Crippen LogP contribution < -0.4 is 15.8 Å². The first-order valence-corrected chi connectivity index (χ1v) is 9.57. The molecule has 28 heavy (non-hydrogen) atoms. The molecule has 0 fully saturated rings. The highest BCUT2D eigenvalue weighted by Gasteiger charge is 2.16. The fourth-order valence-corrected chi connectivity index (χ4v) is 3.54. The maximum Gasteiger partial charge on any atom is 0.251 e. The summed E-state index contributed by atoms with van der Waals surface area (Å²) in [6.45, 7) is 2.03. The van der Waals surface area contributed by atoms with Crippen LogP contribution in [-0.2, 0) is 0 Å². The Labute approximate surface area is 165 Å². The van der Waals surface area contributed by atoms with E-state index in [4.69, 9.17) is 10.5 Å². The Morgan fingerprint density at radius 3 is 2.61 bits per heavy atom. The quantitative estimate of drug-likeness (QED) is 0.743. The van der Waals surface area contributed by atoms with Crippen LogP contribution in [0.2, 0.25) is 0 Å². The summed E-state index contributed by atoms with van der Waals surface area (Å²) in [5, 5.41) is 3.09. The second-order valence-electron chi connectivity index (χ2n) is 7.08. The lowest BCUT2D eigenvalue weighted by Crippen LogP contribution is -2.34. The molecule has 5 nitrogen and oxygen atoms in total. The van der Waals surface area contributed by atoms with Gasteiger partial charge >= 0.3 is 0 Å². The zero-order valence-corrected chi connectivity index (χ0v) is 16.3. The molecule has 1 atom stereocenters. The van der Waals surface area contributed by atoms with E-state index in [-0.39, 0.29) is 11.9 Å². The lowest BCUT2D eigenvalue weighted by Gasteiger charge is -2.21. The van der Waals surface area contributed by atoms with Gasteiger partial charge in [0.1, 0.15) is 5.75 Å². The largest absolute Gasteiger partial charge is 0.496 e. The predicted octanol–water partition coefficient (Wildman–Crippen LogP) is 4.08. The summed E-state index contributed by atoms with van der Waals surface area (Å²) in [7, 11) is 1.57. The zero-order chi connectivity index (χ0) is 20.1. The molecular weight excluding hydrogens is 352 g/mol. The van der Waals surface area contributed by atoms with Crippen molar-refractivity contribution in [3.63, 3.8) is 0 Å². The summed E-state index contributed by atoms with van der Waals surface area (Å²) in [6.07, 6.45) is 6.76. The van der Waals surface area contributed by atoms with E-state index in [0.717, 1.165) is 24.0 Å². The van der Waals surface area contributed by atoms with Crippen molar-refractivity contribution in [2.24, 2.45) is 5.73 Å². The van der Waals surface area contributed by atoms with Gasteiger partial charge < -0.3 is 15.8 Å². The minimum absolute atomic E-state index is 0.0178. The van der Waals surface area contributed by atoms with Gasteiger partial charge in [0.15, 0.2) is 0 Å². The molecule has 3 rings (SSSR count). The molecule has 5 heteroatoms. The molecule has 1 aliphatic rings. The summed E-state index contributed by atoms with van der Waals surface area (Å²) >= 11 is 0. The van der Waals surface area contributed by atoms with Gasteiger partial charge in [0.2, 0.25) is 5.91 Å². The number of rotatable bonds is 6. The molecule has 2 aromatic carbocycles. The number of benzene rings is 2. The van der Waals surface area contributed by atoms with Crippen molar-refractivity contribution in [1.29, 1.82) is 0 Å². The van der Waals surface area contributed by atoms with E-state index in [0.29, 0.717) is 16.9 Å². The Balaban J connectivity index is 1.86. The van der Waals surface area contributed by atoms with Crippen LogP contribution >= 0.6 is 0 Å². The number of methoxy groups -OCH3 is 1. The fraction of sp³-hybridized carbons (Fsp3) is 0.304. The topological polar surface area (TPSA) is 81.4 Å². The number of hydrogen-bond acceptors (Lipinski definition) is 3. The third-order valence-corrected chi connectivity index (χ3v) is 5.15. The Hall–Kier alpha value is -3.08. The standard InChI is InChI=1S/C23H26N2O3/c1-15(16-7-4-3-5-8-16)25-23(27)19-10-6-9-17(13-19)20-14-18(22(24)26)11-12-21(20)28-2/h6-7,9-15H,3-5,8H2,1-2H3,(H2,24,26)(H,25,27)/t15-/m0/s1. The number of nitrogens with one attached hydrogen (secondary N) is 1. The number of hydrogen-bond donors (Lipinski definition) is 2. The second kappa shape index (κ2) is 8.74. The third-order valence-electron chi connectivity index (χ3n) is 5.15. The summed E-state index contributed by atoms with van der Waals surface area (Å²) in [4.78, 5) is 24.3. The molecule has 1 aliphatic carbocycles. The molecule has 0 bridgehead atoms. The number of amides is 2. The van der Waals surface area contributed by atoms with Gasteiger partial charge in [-0.1, -0.05) is 23.8 Å². The summed E-state index contributed by atoms with van der Waals surface area (Å²) in [5.74, 6) is -0.0125. The Morgan fingerprint density at radius 1 is 1.11 bits per heavy atom. The van der Waals surface area contributed by atoms with E-state index in [1.165, 1.54) is 18.4 Å². The first-order chi connectivity index (χ1) is 13.5. The average molecular weight is 378 g/mol. The summed E-state index contributed by atoms with van der Waals surface area (Å²) < 4.78 is 5.42. The van der Waals surface area contributed by atoms with Crippen molar-refractivity contribution >= 4 is 11.8 Å². The van der Waals surface area contributed by atoms with Crippen LogP contribution in [0.5, 0.6) is 5.75 Å².